The summed E-state index contributed by atoms with van der Waals surface area (Å²) in [5, 5.41) is 8.03. The van der Waals surface area contributed by atoms with Crippen molar-refractivity contribution >= 4 is 5.91 Å². The second-order valence-corrected chi connectivity index (χ2v) is 6.53. The van der Waals surface area contributed by atoms with Crippen LogP contribution in [0.1, 0.15) is 29.3 Å². The normalized spacial score (nSPS) is 22.5. The standard InChI is InChI=1S/C19H21N3O3/c1-13-6-7-17(21-20-13)25-15-8-10-22(12-15)19(23)18-16-5-3-2-4-14(16)9-11-24-18/h2-7,15,18H,8-12H2,1H3/t15-,18-/m1/s1. The van der Waals surface area contributed by atoms with Gasteiger partial charge in [-0.05, 0) is 30.5 Å². The topological polar surface area (TPSA) is 64.5 Å². The third-order valence-corrected chi connectivity index (χ3v) is 4.74. The Morgan fingerprint density at radius 1 is 1.24 bits per heavy atom. The summed E-state index contributed by atoms with van der Waals surface area (Å²) in [5.74, 6) is 0.525. The van der Waals surface area contributed by atoms with Gasteiger partial charge in [0.05, 0.1) is 18.8 Å². The maximum Gasteiger partial charge on any atom is 0.256 e. The van der Waals surface area contributed by atoms with E-state index in [0.29, 0.717) is 25.6 Å². The minimum absolute atomic E-state index is 0.0215. The van der Waals surface area contributed by atoms with Crippen LogP contribution in [-0.2, 0) is 16.0 Å². The highest BCUT2D eigenvalue weighted by atomic mass is 16.5. The number of carbonyl (C=O) groups is 1. The summed E-state index contributed by atoms with van der Waals surface area (Å²) in [7, 11) is 0. The summed E-state index contributed by atoms with van der Waals surface area (Å²) in [4.78, 5) is 14.8. The molecule has 0 aliphatic carbocycles. The van der Waals surface area contributed by atoms with Crippen LogP contribution < -0.4 is 4.74 Å². The quantitative estimate of drug-likeness (QED) is 0.857. The van der Waals surface area contributed by atoms with Crippen molar-refractivity contribution < 1.29 is 14.3 Å². The number of benzene rings is 1. The molecule has 1 amide bonds. The summed E-state index contributed by atoms with van der Waals surface area (Å²) in [5.41, 5.74) is 3.05. The lowest BCUT2D eigenvalue weighted by atomic mass is 9.97. The van der Waals surface area contributed by atoms with Crippen LogP contribution in [0.15, 0.2) is 36.4 Å². The zero-order valence-corrected chi connectivity index (χ0v) is 14.2. The summed E-state index contributed by atoms with van der Waals surface area (Å²) < 4.78 is 11.7. The van der Waals surface area contributed by atoms with E-state index in [1.807, 2.05) is 42.2 Å². The zero-order valence-electron chi connectivity index (χ0n) is 14.2. The van der Waals surface area contributed by atoms with Crippen LogP contribution in [0.3, 0.4) is 0 Å². The second-order valence-electron chi connectivity index (χ2n) is 6.53. The van der Waals surface area contributed by atoms with E-state index in [2.05, 4.69) is 16.3 Å². The third-order valence-electron chi connectivity index (χ3n) is 4.74. The van der Waals surface area contributed by atoms with E-state index in [9.17, 15) is 4.79 Å². The number of ether oxygens (including phenoxy) is 2. The van der Waals surface area contributed by atoms with Crippen LogP contribution in [0, 0.1) is 6.92 Å². The molecule has 0 saturated carbocycles. The van der Waals surface area contributed by atoms with Gasteiger partial charge in [-0.15, -0.1) is 5.10 Å². The first kappa shape index (κ1) is 16.0. The highest BCUT2D eigenvalue weighted by Crippen LogP contribution is 2.30. The van der Waals surface area contributed by atoms with Gasteiger partial charge in [-0.2, -0.15) is 5.10 Å². The van der Waals surface area contributed by atoms with Crippen LogP contribution in [0.25, 0.3) is 0 Å². The molecule has 25 heavy (non-hydrogen) atoms. The largest absolute Gasteiger partial charge is 0.471 e. The van der Waals surface area contributed by atoms with Crippen molar-refractivity contribution in [3.8, 4) is 5.88 Å². The summed E-state index contributed by atoms with van der Waals surface area (Å²) in [6, 6.07) is 11.7. The maximum absolute atomic E-state index is 12.9. The van der Waals surface area contributed by atoms with Gasteiger partial charge in [0, 0.05) is 19.0 Å². The fourth-order valence-electron chi connectivity index (χ4n) is 3.41. The van der Waals surface area contributed by atoms with Crippen molar-refractivity contribution in [2.75, 3.05) is 19.7 Å². The van der Waals surface area contributed by atoms with Crippen LogP contribution in [0.2, 0.25) is 0 Å². The van der Waals surface area contributed by atoms with Gasteiger partial charge in [0.25, 0.3) is 5.91 Å². The molecule has 1 aromatic carbocycles. The van der Waals surface area contributed by atoms with Gasteiger partial charge in [0.1, 0.15) is 6.10 Å². The molecule has 130 valence electrons. The Bertz CT molecular complexity index is 763. The predicted molar refractivity (Wildman–Crippen MR) is 91.2 cm³/mol. The fraction of sp³-hybridized carbons (Fsp3) is 0.421. The molecular weight excluding hydrogens is 318 g/mol. The Labute approximate surface area is 146 Å². The number of carbonyl (C=O) groups excluding carboxylic acids is 1. The number of rotatable bonds is 3. The van der Waals surface area contributed by atoms with E-state index in [1.165, 1.54) is 5.56 Å². The number of nitrogens with zero attached hydrogens (tertiary/aromatic N) is 3. The van der Waals surface area contributed by atoms with E-state index >= 15 is 0 Å². The number of likely N-dealkylation sites (tertiary alicyclic amines) is 1. The molecule has 6 nitrogen and oxygen atoms in total. The highest BCUT2D eigenvalue weighted by molar-refractivity contribution is 5.83. The zero-order chi connectivity index (χ0) is 17.2. The van der Waals surface area contributed by atoms with Gasteiger partial charge in [-0.25, -0.2) is 0 Å². The molecule has 0 bridgehead atoms. The number of hydrogen-bond donors (Lipinski definition) is 0. The molecule has 0 radical (unpaired) electrons. The number of aryl methyl sites for hydroxylation is 1. The third kappa shape index (κ3) is 3.35. The van der Waals surface area contributed by atoms with Gasteiger partial charge in [-0.3, -0.25) is 4.79 Å². The van der Waals surface area contributed by atoms with E-state index in [-0.39, 0.29) is 12.0 Å². The fourth-order valence-corrected chi connectivity index (χ4v) is 3.41. The van der Waals surface area contributed by atoms with E-state index in [4.69, 9.17) is 9.47 Å². The first-order valence-corrected chi connectivity index (χ1v) is 8.66. The highest BCUT2D eigenvalue weighted by Gasteiger charge is 2.35. The molecule has 6 heteroatoms. The van der Waals surface area contributed by atoms with E-state index < -0.39 is 6.10 Å². The second kappa shape index (κ2) is 6.80. The van der Waals surface area contributed by atoms with Crippen molar-refractivity contribution in [2.24, 2.45) is 0 Å². The van der Waals surface area contributed by atoms with Crippen LogP contribution in [-0.4, -0.2) is 46.8 Å². The molecule has 2 aliphatic heterocycles. The monoisotopic (exact) mass is 339 g/mol. The molecule has 3 heterocycles. The van der Waals surface area contributed by atoms with Crippen LogP contribution in [0.4, 0.5) is 0 Å². The summed E-state index contributed by atoms with van der Waals surface area (Å²) >= 11 is 0. The lowest BCUT2D eigenvalue weighted by Gasteiger charge is -2.28. The first-order valence-electron chi connectivity index (χ1n) is 8.66. The molecule has 0 N–H and O–H groups in total. The average Bonchev–Trinajstić information content (AvgIpc) is 3.11. The Hall–Kier alpha value is -2.47. The number of aromatic nitrogens is 2. The lowest BCUT2D eigenvalue weighted by Crippen LogP contribution is -2.37. The molecule has 1 saturated heterocycles. The molecule has 1 aromatic heterocycles. The van der Waals surface area contributed by atoms with Crippen molar-refractivity contribution in [3.63, 3.8) is 0 Å². The number of hydrogen-bond acceptors (Lipinski definition) is 5. The van der Waals surface area contributed by atoms with Crippen molar-refractivity contribution in [1.82, 2.24) is 15.1 Å². The van der Waals surface area contributed by atoms with Gasteiger partial charge in [0.15, 0.2) is 6.10 Å². The first-order chi connectivity index (χ1) is 12.2. The average molecular weight is 339 g/mol. The van der Waals surface area contributed by atoms with E-state index in [1.54, 1.807) is 0 Å². The number of fused-ring (bicyclic) bond motifs is 1. The van der Waals surface area contributed by atoms with Crippen molar-refractivity contribution in [3.05, 3.63) is 53.2 Å². The summed E-state index contributed by atoms with van der Waals surface area (Å²) in [6.07, 6.45) is 1.09. The Kier molecular flexibility index (Phi) is 4.36. The van der Waals surface area contributed by atoms with E-state index in [0.717, 1.165) is 24.1 Å². The Morgan fingerprint density at radius 3 is 2.96 bits per heavy atom. The van der Waals surface area contributed by atoms with Gasteiger partial charge in [0.2, 0.25) is 5.88 Å². The minimum atomic E-state index is -0.497. The Morgan fingerprint density at radius 2 is 2.12 bits per heavy atom. The van der Waals surface area contributed by atoms with Crippen LogP contribution in [0.5, 0.6) is 5.88 Å². The molecule has 1 fully saturated rings. The molecular formula is C19H21N3O3. The minimum Gasteiger partial charge on any atom is -0.471 e. The predicted octanol–water partition coefficient (Wildman–Crippen LogP) is 2.08. The number of amides is 1. The smallest absolute Gasteiger partial charge is 0.256 e. The lowest BCUT2D eigenvalue weighted by molar-refractivity contribution is -0.144. The molecule has 2 aliphatic rings. The van der Waals surface area contributed by atoms with Crippen LogP contribution >= 0.6 is 0 Å². The van der Waals surface area contributed by atoms with Crippen molar-refractivity contribution in [2.45, 2.75) is 32.0 Å². The molecule has 0 spiro atoms. The van der Waals surface area contributed by atoms with Gasteiger partial charge < -0.3 is 14.4 Å². The SMILES string of the molecule is Cc1ccc(O[C@@H]2CCN(C(=O)[C@@H]3OCCc4ccccc43)C2)nn1. The van der Waals surface area contributed by atoms with Gasteiger partial charge in [-0.1, -0.05) is 24.3 Å². The Balaban J connectivity index is 1.42. The van der Waals surface area contributed by atoms with Crippen molar-refractivity contribution in [1.29, 1.82) is 0 Å². The van der Waals surface area contributed by atoms with Gasteiger partial charge >= 0.3 is 0 Å². The molecule has 2 atom stereocenters. The molecule has 0 unspecified atom stereocenters. The summed E-state index contributed by atoms with van der Waals surface area (Å²) in [6.45, 7) is 3.69. The molecule has 4 rings (SSSR count). The maximum atomic E-state index is 12.9. The molecule has 2 aromatic rings.